The van der Waals surface area contributed by atoms with Crippen LogP contribution in [0.25, 0.3) is 0 Å². The molecule has 5 heteroatoms. The van der Waals surface area contributed by atoms with E-state index in [1.54, 1.807) is 0 Å². The van der Waals surface area contributed by atoms with Gasteiger partial charge in [0.15, 0.2) is 0 Å². The number of piperidine rings is 1. The van der Waals surface area contributed by atoms with Crippen LogP contribution in [0, 0.1) is 5.92 Å². The summed E-state index contributed by atoms with van der Waals surface area (Å²) in [6.07, 6.45) is 7.12. The van der Waals surface area contributed by atoms with E-state index in [0.717, 1.165) is 32.5 Å². The number of benzene rings is 1. The van der Waals surface area contributed by atoms with Gasteiger partial charge in [0, 0.05) is 32.7 Å². The van der Waals surface area contributed by atoms with Gasteiger partial charge in [-0.1, -0.05) is 30.3 Å². The van der Waals surface area contributed by atoms with Crippen LogP contribution >= 0.6 is 0 Å². The lowest BCUT2D eigenvalue weighted by Crippen LogP contribution is -2.49. The second-order valence-electron chi connectivity index (χ2n) is 8.07. The van der Waals surface area contributed by atoms with Gasteiger partial charge in [0.25, 0.3) is 0 Å². The van der Waals surface area contributed by atoms with Gasteiger partial charge in [-0.2, -0.15) is 0 Å². The highest BCUT2D eigenvalue weighted by Gasteiger charge is 2.28. The summed E-state index contributed by atoms with van der Waals surface area (Å²) >= 11 is 1.43. The zero-order valence-corrected chi connectivity index (χ0v) is 17.8. The van der Waals surface area contributed by atoms with E-state index >= 15 is 0 Å². The minimum Gasteiger partial charge on any atom is -0.338 e. The van der Waals surface area contributed by atoms with E-state index in [9.17, 15) is 4.79 Å². The van der Waals surface area contributed by atoms with Crippen molar-refractivity contribution in [1.82, 2.24) is 14.5 Å². The van der Waals surface area contributed by atoms with Gasteiger partial charge in [0.1, 0.15) is 5.75 Å². The number of rotatable bonds is 6. The molecular formula is C22H36N3OS+. The van der Waals surface area contributed by atoms with Crippen LogP contribution in [0.4, 0.5) is 4.79 Å². The lowest BCUT2D eigenvalue weighted by atomic mass is 9.79. The molecule has 0 radical (unpaired) electrons. The minimum atomic E-state index is 0.117. The van der Waals surface area contributed by atoms with Gasteiger partial charge in [0.05, 0.1) is 11.9 Å². The topological polar surface area (TPSA) is 35.6 Å². The van der Waals surface area contributed by atoms with Gasteiger partial charge in [0.2, 0.25) is 0 Å². The van der Waals surface area contributed by atoms with Crippen LogP contribution in [0.1, 0.15) is 56.9 Å². The lowest BCUT2D eigenvalue weighted by molar-refractivity contribution is 0.162. The summed E-state index contributed by atoms with van der Waals surface area (Å²) < 4.78 is 2.49. The van der Waals surface area contributed by atoms with Crippen LogP contribution in [0.5, 0.6) is 0 Å². The van der Waals surface area contributed by atoms with Gasteiger partial charge in [-0.15, -0.1) is 4.31 Å². The lowest BCUT2D eigenvalue weighted by Gasteiger charge is -2.34. The Labute approximate surface area is 169 Å². The van der Waals surface area contributed by atoms with E-state index < -0.39 is 0 Å². The average Bonchev–Trinajstić information content (AvgIpc) is 2.73. The molecule has 1 aromatic carbocycles. The Morgan fingerprint density at radius 3 is 2.41 bits per heavy atom. The first-order chi connectivity index (χ1) is 13.2. The second kappa shape index (κ2) is 10.4. The van der Waals surface area contributed by atoms with Crippen LogP contribution in [0.2, 0.25) is 0 Å². The second-order valence-corrected chi connectivity index (χ2v) is 9.55. The fourth-order valence-corrected chi connectivity index (χ4v) is 5.44. The van der Waals surface area contributed by atoms with Crippen molar-refractivity contribution in [1.29, 1.82) is 0 Å². The number of nitrogens with zero attached hydrogens (tertiary/aromatic N) is 2. The molecular weight excluding hydrogens is 354 g/mol. The normalized spacial score (nSPS) is 24.5. The van der Waals surface area contributed by atoms with Gasteiger partial charge < -0.3 is 10.2 Å². The molecule has 4 nitrogen and oxygen atoms in total. The van der Waals surface area contributed by atoms with Crippen molar-refractivity contribution >= 4 is 18.0 Å². The molecule has 1 saturated heterocycles. The standard InChI is InChI=1S/C22H35N3OS/c1-3-27-25-15-13-21(14-16-25)24(2)22(26)23-17-18-9-11-20(12-10-18)19-7-5-4-6-8-19/h4-8,18,20-21H,3,9-17H2,1-2H3,(H,23,26)/p+1. The van der Waals surface area contributed by atoms with Crippen LogP contribution in [0.15, 0.2) is 30.3 Å². The summed E-state index contributed by atoms with van der Waals surface area (Å²) in [5, 5.41) is 3.21. The molecule has 1 N–H and O–H groups in total. The van der Waals surface area contributed by atoms with Gasteiger partial charge >= 0.3 is 6.03 Å². The van der Waals surface area contributed by atoms with E-state index in [0.29, 0.717) is 17.9 Å². The van der Waals surface area contributed by atoms with Gasteiger partial charge in [-0.25, -0.2) is 4.79 Å². The number of thiol groups is 1. The molecule has 2 fully saturated rings. The summed E-state index contributed by atoms with van der Waals surface area (Å²) in [5.74, 6) is 2.52. The molecule has 0 atom stereocenters. The zero-order valence-electron chi connectivity index (χ0n) is 16.9. The molecule has 0 aromatic heterocycles. The highest BCUT2D eigenvalue weighted by Crippen LogP contribution is 2.35. The van der Waals surface area contributed by atoms with Crippen LogP contribution in [-0.4, -0.2) is 53.7 Å². The van der Waals surface area contributed by atoms with Crippen molar-refractivity contribution in [2.45, 2.75) is 57.4 Å². The van der Waals surface area contributed by atoms with Crippen molar-refractivity contribution in [2.75, 3.05) is 32.4 Å². The first-order valence-electron chi connectivity index (χ1n) is 10.6. The Kier molecular flexibility index (Phi) is 7.89. The van der Waals surface area contributed by atoms with Crippen molar-refractivity contribution in [2.24, 2.45) is 5.92 Å². The Bertz CT molecular complexity index is 566. The quantitative estimate of drug-likeness (QED) is 0.592. The number of amides is 2. The molecule has 2 aliphatic rings. The number of hydrogen-bond donors (Lipinski definition) is 1. The predicted molar refractivity (Wildman–Crippen MR) is 116 cm³/mol. The molecule has 0 bridgehead atoms. The molecule has 27 heavy (non-hydrogen) atoms. The maximum Gasteiger partial charge on any atom is 0.317 e. The summed E-state index contributed by atoms with van der Waals surface area (Å²) in [6, 6.07) is 11.4. The van der Waals surface area contributed by atoms with Gasteiger partial charge in [-0.05, 0) is 62.8 Å². The van der Waals surface area contributed by atoms with Gasteiger partial charge in [-0.3, -0.25) is 0 Å². The third-order valence-electron chi connectivity index (χ3n) is 6.31. The van der Waals surface area contributed by atoms with E-state index in [1.807, 2.05) is 11.9 Å². The summed E-state index contributed by atoms with van der Waals surface area (Å²) in [7, 11) is 1.97. The monoisotopic (exact) mass is 390 g/mol. The van der Waals surface area contributed by atoms with Crippen molar-refractivity contribution < 1.29 is 4.79 Å². The summed E-state index contributed by atoms with van der Waals surface area (Å²) in [6.45, 7) is 5.28. The Balaban J connectivity index is 1.36. The molecule has 0 spiro atoms. The van der Waals surface area contributed by atoms with Crippen LogP contribution < -0.4 is 5.32 Å². The third kappa shape index (κ3) is 5.89. The summed E-state index contributed by atoms with van der Waals surface area (Å²) in [5.41, 5.74) is 1.48. The molecule has 3 rings (SSSR count). The number of nitrogens with one attached hydrogen (secondary N) is 1. The zero-order chi connectivity index (χ0) is 19.1. The minimum absolute atomic E-state index is 0.117. The number of carbonyl (C=O) groups excluding carboxylic acids is 1. The molecule has 1 saturated carbocycles. The van der Waals surface area contributed by atoms with Crippen LogP contribution in [0.3, 0.4) is 0 Å². The fourth-order valence-electron chi connectivity index (χ4n) is 4.53. The van der Waals surface area contributed by atoms with Crippen molar-refractivity contribution in [3.63, 3.8) is 0 Å². The largest absolute Gasteiger partial charge is 0.338 e. The number of urea groups is 1. The van der Waals surface area contributed by atoms with E-state index in [1.165, 1.54) is 48.9 Å². The molecule has 1 heterocycles. The molecule has 2 amide bonds. The highest BCUT2D eigenvalue weighted by atomic mass is 32.2. The van der Waals surface area contributed by atoms with Crippen molar-refractivity contribution in [3.05, 3.63) is 35.9 Å². The molecule has 1 aliphatic carbocycles. The third-order valence-corrected chi connectivity index (χ3v) is 7.39. The smallest absolute Gasteiger partial charge is 0.317 e. The molecule has 0 unspecified atom stereocenters. The van der Waals surface area contributed by atoms with Crippen molar-refractivity contribution in [3.8, 4) is 0 Å². The molecule has 150 valence electrons. The Morgan fingerprint density at radius 1 is 1.11 bits per heavy atom. The van der Waals surface area contributed by atoms with E-state index in [-0.39, 0.29) is 6.03 Å². The maximum absolute atomic E-state index is 12.6. The Hall–Kier alpha value is -1.20. The average molecular weight is 391 g/mol. The predicted octanol–water partition coefficient (Wildman–Crippen LogP) is 3.82. The van der Waals surface area contributed by atoms with E-state index in [2.05, 4.69) is 46.9 Å². The first kappa shape index (κ1) is 20.5. The summed E-state index contributed by atoms with van der Waals surface area (Å²) in [4.78, 5) is 14.5. The molecule has 1 aliphatic heterocycles. The SMILES string of the molecule is CC[SH+]N1CCC(N(C)C(=O)NCC2CCC(c3ccccc3)CC2)CC1. The fraction of sp³-hybridized carbons (Fsp3) is 0.682. The van der Waals surface area contributed by atoms with Crippen LogP contribution in [-0.2, 0) is 11.9 Å². The Morgan fingerprint density at radius 2 is 1.78 bits per heavy atom. The highest BCUT2D eigenvalue weighted by molar-refractivity contribution is 7.76. The first-order valence-corrected chi connectivity index (χ1v) is 11.7. The molecule has 1 aromatic rings. The maximum atomic E-state index is 12.6. The number of hydrogen-bond acceptors (Lipinski definition) is 2. The number of carbonyl (C=O) groups is 1. The van der Waals surface area contributed by atoms with E-state index in [4.69, 9.17) is 0 Å².